The molecule has 1 heterocycles. The number of rotatable bonds is 0. The molecule has 0 aromatic carbocycles. The van der Waals surface area contributed by atoms with Crippen LogP contribution in [0, 0.1) is 6.07 Å². The van der Waals surface area contributed by atoms with Crippen LogP contribution in [-0.2, 0) is 5.41 Å². The van der Waals surface area contributed by atoms with E-state index in [0.29, 0.717) is 0 Å². The van der Waals surface area contributed by atoms with Crippen LogP contribution in [0.4, 0.5) is 0 Å². The molecule has 0 spiro atoms. The van der Waals surface area contributed by atoms with E-state index < -0.39 is 0 Å². The molecule has 10 heavy (non-hydrogen) atoms. The van der Waals surface area contributed by atoms with Crippen LogP contribution in [0.5, 0.6) is 0 Å². The summed E-state index contributed by atoms with van der Waals surface area (Å²) in [6.07, 6.45) is 1.56. The monoisotopic (exact) mass is 135 g/mol. The molecule has 1 aromatic rings. The van der Waals surface area contributed by atoms with Gasteiger partial charge in [-0.1, -0.05) is 20.8 Å². The van der Waals surface area contributed by atoms with Gasteiger partial charge in [-0.2, -0.15) is 10.2 Å². The van der Waals surface area contributed by atoms with E-state index in [4.69, 9.17) is 0 Å². The van der Waals surface area contributed by atoms with E-state index in [1.165, 1.54) is 0 Å². The Morgan fingerprint density at radius 3 is 2.40 bits per heavy atom. The Morgan fingerprint density at radius 1 is 1.40 bits per heavy atom. The first-order valence-electron chi connectivity index (χ1n) is 3.30. The standard InChI is InChI=1S/C8H11N2/c1-8(2,3)7-5-4-6-9-10-7/h5-6H,1-3H3. The zero-order chi connectivity index (χ0) is 7.61. The van der Waals surface area contributed by atoms with Crippen LogP contribution >= 0.6 is 0 Å². The topological polar surface area (TPSA) is 25.8 Å². The number of nitrogens with zero attached hydrogens (tertiary/aromatic N) is 2. The second-order valence-corrected chi connectivity index (χ2v) is 3.29. The zero-order valence-corrected chi connectivity index (χ0v) is 6.55. The number of hydrogen-bond donors (Lipinski definition) is 0. The van der Waals surface area contributed by atoms with Gasteiger partial charge in [0.1, 0.15) is 0 Å². The Kier molecular flexibility index (Phi) is 1.70. The smallest absolute Gasteiger partial charge is 0.0690 e. The lowest BCUT2D eigenvalue weighted by Crippen LogP contribution is -2.13. The quantitative estimate of drug-likeness (QED) is 0.539. The highest BCUT2D eigenvalue weighted by Crippen LogP contribution is 2.17. The maximum Gasteiger partial charge on any atom is 0.0690 e. The van der Waals surface area contributed by atoms with E-state index in [1.807, 2.05) is 6.07 Å². The molecule has 1 rings (SSSR count). The van der Waals surface area contributed by atoms with Gasteiger partial charge < -0.3 is 0 Å². The molecule has 1 radical (unpaired) electrons. The largest absolute Gasteiger partial charge is 0.158 e. The van der Waals surface area contributed by atoms with Crippen molar-refractivity contribution in [2.24, 2.45) is 0 Å². The van der Waals surface area contributed by atoms with Gasteiger partial charge in [0.25, 0.3) is 0 Å². The van der Waals surface area contributed by atoms with Gasteiger partial charge >= 0.3 is 0 Å². The first-order chi connectivity index (χ1) is 4.61. The fourth-order valence-corrected chi connectivity index (χ4v) is 0.636. The number of aromatic nitrogens is 2. The fraction of sp³-hybridized carbons (Fsp3) is 0.500. The van der Waals surface area contributed by atoms with E-state index in [-0.39, 0.29) is 5.41 Å². The Labute approximate surface area is 61.3 Å². The molecule has 0 bridgehead atoms. The first kappa shape index (κ1) is 7.19. The van der Waals surface area contributed by atoms with Gasteiger partial charge in [0.2, 0.25) is 0 Å². The van der Waals surface area contributed by atoms with Crippen molar-refractivity contribution in [3.8, 4) is 0 Å². The van der Waals surface area contributed by atoms with Crippen molar-refractivity contribution in [3.63, 3.8) is 0 Å². The molecule has 0 saturated carbocycles. The summed E-state index contributed by atoms with van der Waals surface area (Å²) in [5, 5.41) is 7.71. The molecule has 0 aliphatic rings. The van der Waals surface area contributed by atoms with Crippen molar-refractivity contribution in [1.82, 2.24) is 10.2 Å². The average molecular weight is 135 g/mol. The molecule has 53 valence electrons. The lowest BCUT2D eigenvalue weighted by Gasteiger charge is -2.15. The van der Waals surface area contributed by atoms with Crippen molar-refractivity contribution < 1.29 is 0 Å². The van der Waals surface area contributed by atoms with Crippen LogP contribution in [-0.4, -0.2) is 10.2 Å². The van der Waals surface area contributed by atoms with Crippen molar-refractivity contribution in [2.75, 3.05) is 0 Å². The maximum absolute atomic E-state index is 3.97. The molecule has 2 nitrogen and oxygen atoms in total. The fourth-order valence-electron chi connectivity index (χ4n) is 0.636. The molecule has 0 fully saturated rings. The van der Waals surface area contributed by atoms with E-state index >= 15 is 0 Å². The van der Waals surface area contributed by atoms with Gasteiger partial charge in [-0.05, 0) is 6.07 Å². The van der Waals surface area contributed by atoms with E-state index in [2.05, 4.69) is 37.0 Å². The molecular weight excluding hydrogens is 124 g/mol. The normalized spacial score (nSPS) is 11.5. The molecule has 0 atom stereocenters. The summed E-state index contributed by atoms with van der Waals surface area (Å²) in [6, 6.07) is 4.76. The van der Waals surface area contributed by atoms with Gasteiger partial charge in [-0.15, -0.1) is 0 Å². The summed E-state index contributed by atoms with van der Waals surface area (Å²) in [6.45, 7) is 6.31. The predicted octanol–water partition coefficient (Wildman–Crippen LogP) is 1.57. The molecule has 0 aliphatic carbocycles. The zero-order valence-electron chi connectivity index (χ0n) is 6.55. The van der Waals surface area contributed by atoms with Crippen molar-refractivity contribution >= 4 is 0 Å². The highest BCUT2D eigenvalue weighted by atomic mass is 15.1. The minimum Gasteiger partial charge on any atom is -0.158 e. The second-order valence-electron chi connectivity index (χ2n) is 3.29. The van der Waals surface area contributed by atoms with E-state index in [1.54, 1.807) is 6.20 Å². The Balaban J connectivity index is 2.97. The van der Waals surface area contributed by atoms with E-state index in [0.717, 1.165) is 5.69 Å². The predicted molar refractivity (Wildman–Crippen MR) is 39.6 cm³/mol. The SMILES string of the molecule is CC(C)(C)c1c[c]cnn1. The maximum atomic E-state index is 3.97. The van der Waals surface area contributed by atoms with Crippen LogP contribution in [0.2, 0.25) is 0 Å². The highest BCUT2D eigenvalue weighted by molar-refractivity contribution is 5.08. The van der Waals surface area contributed by atoms with Gasteiger partial charge in [0.05, 0.1) is 11.9 Å². The van der Waals surface area contributed by atoms with Crippen LogP contribution in [0.25, 0.3) is 0 Å². The highest BCUT2D eigenvalue weighted by Gasteiger charge is 2.14. The third kappa shape index (κ3) is 1.53. The summed E-state index contributed by atoms with van der Waals surface area (Å²) in [7, 11) is 0. The Morgan fingerprint density at radius 2 is 2.10 bits per heavy atom. The molecule has 0 aliphatic heterocycles. The molecule has 2 heteroatoms. The Hall–Kier alpha value is -0.920. The van der Waals surface area contributed by atoms with Gasteiger partial charge in [0.15, 0.2) is 0 Å². The Bertz CT molecular complexity index is 198. The first-order valence-corrected chi connectivity index (χ1v) is 3.30. The average Bonchev–Trinajstić information content (AvgIpc) is 1.88. The molecule has 0 amide bonds. The summed E-state index contributed by atoms with van der Waals surface area (Å²) < 4.78 is 0. The summed E-state index contributed by atoms with van der Waals surface area (Å²) in [5.74, 6) is 0. The lowest BCUT2D eigenvalue weighted by molar-refractivity contribution is 0.558. The van der Waals surface area contributed by atoms with Crippen LogP contribution in [0.1, 0.15) is 26.5 Å². The summed E-state index contributed by atoms with van der Waals surface area (Å²) >= 11 is 0. The molecule has 0 saturated heterocycles. The third-order valence-corrected chi connectivity index (χ3v) is 1.29. The van der Waals surface area contributed by atoms with Crippen molar-refractivity contribution in [3.05, 3.63) is 24.0 Å². The number of hydrogen-bond acceptors (Lipinski definition) is 2. The third-order valence-electron chi connectivity index (χ3n) is 1.29. The minimum absolute atomic E-state index is 0.0881. The summed E-state index contributed by atoms with van der Waals surface area (Å²) in [5.41, 5.74) is 1.07. The van der Waals surface area contributed by atoms with E-state index in [9.17, 15) is 0 Å². The van der Waals surface area contributed by atoms with Gasteiger partial charge in [-0.3, -0.25) is 0 Å². The molecule has 1 aromatic heterocycles. The van der Waals surface area contributed by atoms with Crippen LogP contribution < -0.4 is 0 Å². The molecule has 0 unspecified atom stereocenters. The second kappa shape index (κ2) is 2.37. The van der Waals surface area contributed by atoms with Gasteiger partial charge in [-0.25, -0.2) is 0 Å². The van der Waals surface area contributed by atoms with Crippen LogP contribution in [0.3, 0.4) is 0 Å². The summed E-state index contributed by atoms with van der Waals surface area (Å²) in [4.78, 5) is 0. The van der Waals surface area contributed by atoms with Crippen LogP contribution in [0.15, 0.2) is 12.3 Å². The molecular formula is C8H11N2. The minimum atomic E-state index is 0.0881. The van der Waals surface area contributed by atoms with Crippen molar-refractivity contribution in [2.45, 2.75) is 26.2 Å². The lowest BCUT2D eigenvalue weighted by atomic mass is 9.92. The van der Waals surface area contributed by atoms with Crippen molar-refractivity contribution in [1.29, 1.82) is 0 Å². The van der Waals surface area contributed by atoms with Gasteiger partial charge in [0, 0.05) is 11.5 Å². The molecule has 0 N–H and O–H groups in total.